The van der Waals surface area contributed by atoms with E-state index in [2.05, 4.69) is 55.7 Å². The quantitative estimate of drug-likeness (QED) is 0.561. The van der Waals surface area contributed by atoms with Crippen LogP contribution in [-0.2, 0) is 10.2 Å². The largest absolute Gasteiger partial charge is 0.384 e. The van der Waals surface area contributed by atoms with E-state index in [-0.39, 0.29) is 11.4 Å². The zero-order valence-corrected chi connectivity index (χ0v) is 17.8. The number of ether oxygens (including phenoxy) is 1. The summed E-state index contributed by atoms with van der Waals surface area (Å²) in [6.45, 7) is 3.40. The van der Waals surface area contributed by atoms with Crippen molar-refractivity contribution in [3.8, 4) is 11.8 Å². The van der Waals surface area contributed by atoms with Gasteiger partial charge in [-0.05, 0) is 43.4 Å². The van der Waals surface area contributed by atoms with E-state index in [9.17, 15) is 5.11 Å². The predicted octanol–water partition coefficient (Wildman–Crippen LogP) is 2.65. The van der Waals surface area contributed by atoms with E-state index in [0.717, 1.165) is 42.5 Å². The van der Waals surface area contributed by atoms with Gasteiger partial charge in [-0.1, -0.05) is 24.8 Å². The topological polar surface area (TPSA) is 113 Å². The number of nitrogens with two attached hydrogens (primary N) is 1. The number of nitrogens with one attached hydrogen (secondary N) is 1. The lowest BCUT2D eigenvalue weighted by atomic mass is 9.85. The van der Waals surface area contributed by atoms with Gasteiger partial charge >= 0.3 is 0 Å². The van der Waals surface area contributed by atoms with E-state index < -0.39 is 5.60 Å². The van der Waals surface area contributed by atoms with Crippen LogP contribution in [-0.4, -0.2) is 50.9 Å². The number of aliphatic hydroxyl groups is 1. The number of hydrogen-bond acceptors (Lipinski definition) is 7. The molecule has 5 rings (SSSR count). The number of benzene rings is 1. The summed E-state index contributed by atoms with van der Waals surface area (Å²) in [6.07, 6.45) is 5.11. The van der Waals surface area contributed by atoms with Gasteiger partial charge in [-0.3, -0.25) is 0 Å². The lowest BCUT2D eigenvalue weighted by Gasteiger charge is -2.25. The third-order valence-corrected chi connectivity index (χ3v) is 6.31. The van der Waals surface area contributed by atoms with Gasteiger partial charge in [-0.15, -0.1) is 0 Å². The van der Waals surface area contributed by atoms with Gasteiger partial charge in [0.1, 0.15) is 5.60 Å². The second-order valence-electron chi connectivity index (χ2n) is 8.81. The van der Waals surface area contributed by atoms with Crippen molar-refractivity contribution in [2.45, 2.75) is 43.6 Å². The maximum atomic E-state index is 10.6. The SMILES string of the molecule is COC[C@@]1(C)CN(c2nc(N)nc3[nH]cnc23)c2cc(C#CC3(O)CCCC3)ccc21. The first-order chi connectivity index (χ1) is 14.9. The molecule has 3 aromatic rings. The summed E-state index contributed by atoms with van der Waals surface area (Å²) in [6, 6.07) is 6.17. The Balaban J connectivity index is 1.62. The summed E-state index contributed by atoms with van der Waals surface area (Å²) in [5.41, 5.74) is 9.15. The number of imidazole rings is 1. The van der Waals surface area contributed by atoms with Gasteiger partial charge in [0.25, 0.3) is 0 Å². The third kappa shape index (κ3) is 3.40. The number of anilines is 3. The molecule has 1 aromatic carbocycles. The van der Waals surface area contributed by atoms with Crippen LogP contribution in [0.25, 0.3) is 11.2 Å². The van der Waals surface area contributed by atoms with Crippen LogP contribution >= 0.6 is 0 Å². The van der Waals surface area contributed by atoms with Crippen LogP contribution in [0.15, 0.2) is 24.5 Å². The summed E-state index contributed by atoms with van der Waals surface area (Å²) in [7, 11) is 1.71. The van der Waals surface area contributed by atoms with Crippen LogP contribution < -0.4 is 10.6 Å². The van der Waals surface area contributed by atoms with Gasteiger partial charge in [-0.25, -0.2) is 4.98 Å². The highest BCUT2D eigenvalue weighted by molar-refractivity contribution is 5.89. The number of H-pyrrole nitrogens is 1. The molecular weight excluding hydrogens is 392 g/mol. The molecule has 1 aliphatic carbocycles. The first-order valence-corrected chi connectivity index (χ1v) is 10.5. The Kier molecular flexibility index (Phi) is 4.61. The number of aromatic nitrogens is 4. The van der Waals surface area contributed by atoms with E-state index >= 15 is 0 Å². The van der Waals surface area contributed by atoms with Crippen LogP contribution in [0, 0.1) is 11.8 Å². The van der Waals surface area contributed by atoms with Crippen molar-refractivity contribution in [2.24, 2.45) is 0 Å². The Morgan fingerprint density at radius 1 is 1.29 bits per heavy atom. The fourth-order valence-electron chi connectivity index (χ4n) is 4.79. The Bertz CT molecular complexity index is 1200. The van der Waals surface area contributed by atoms with E-state index in [1.165, 1.54) is 0 Å². The molecule has 0 spiro atoms. The average molecular weight is 419 g/mol. The summed E-state index contributed by atoms with van der Waals surface area (Å²) >= 11 is 0. The molecule has 1 aliphatic heterocycles. The van der Waals surface area contributed by atoms with Crippen molar-refractivity contribution in [3.63, 3.8) is 0 Å². The maximum Gasteiger partial charge on any atom is 0.224 e. The molecule has 0 saturated heterocycles. The minimum Gasteiger partial charge on any atom is -0.384 e. The number of methoxy groups -OCH3 is 1. The molecule has 160 valence electrons. The molecule has 0 unspecified atom stereocenters. The highest BCUT2D eigenvalue weighted by atomic mass is 16.5. The standard InChI is InChI=1S/C23H26N6O2/c1-22(13-31-2)12-29(20-18-19(26-14-25-18)27-21(24)28-20)17-11-15(5-6-16(17)22)7-10-23(30)8-3-4-9-23/h5-6,11,14,30H,3-4,8-9,12-13H2,1-2H3,(H3,24,25,26,27,28)/t22-/m1/s1. The second kappa shape index (κ2) is 7.22. The highest BCUT2D eigenvalue weighted by Crippen LogP contribution is 2.45. The van der Waals surface area contributed by atoms with E-state index in [4.69, 9.17) is 10.5 Å². The summed E-state index contributed by atoms with van der Waals surface area (Å²) in [5.74, 6) is 7.14. The van der Waals surface area contributed by atoms with Gasteiger partial charge in [0.15, 0.2) is 17.0 Å². The Morgan fingerprint density at radius 3 is 2.87 bits per heavy atom. The first-order valence-electron chi connectivity index (χ1n) is 10.5. The molecule has 8 heteroatoms. The fourth-order valence-corrected chi connectivity index (χ4v) is 4.79. The minimum absolute atomic E-state index is 0.188. The molecule has 8 nitrogen and oxygen atoms in total. The van der Waals surface area contributed by atoms with Crippen LogP contribution in [0.4, 0.5) is 17.5 Å². The average Bonchev–Trinajstić information content (AvgIpc) is 3.45. The molecule has 4 N–H and O–H groups in total. The molecule has 2 aliphatic rings. The van der Waals surface area contributed by atoms with Crippen molar-refractivity contribution >= 4 is 28.6 Å². The van der Waals surface area contributed by atoms with Crippen LogP contribution in [0.5, 0.6) is 0 Å². The van der Waals surface area contributed by atoms with Crippen molar-refractivity contribution < 1.29 is 9.84 Å². The molecular formula is C23H26N6O2. The van der Waals surface area contributed by atoms with Crippen LogP contribution in [0.3, 0.4) is 0 Å². The highest BCUT2D eigenvalue weighted by Gasteiger charge is 2.41. The monoisotopic (exact) mass is 418 g/mol. The van der Waals surface area contributed by atoms with Gasteiger partial charge in [0.2, 0.25) is 5.95 Å². The van der Waals surface area contributed by atoms with E-state index in [1.54, 1.807) is 13.4 Å². The number of nitrogens with zero attached hydrogens (tertiary/aromatic N) is 4. The van der Waals surface area contributed by atoms with Crippen molar-refractivity contribution in [3.05, 3.63) is 35.7 Å². The molecule has 0 radical (unpaired) electrons. The molecule has 31 heavy (non-hydrogen) atoms. The molecule has 1 saturated carbocycles. The Hall–Kier alpha value is -3.15. The zero-order chi connectivity index (χ0) is 21.6. The molecule has 0 amide bonds. The van der Waals surface area contributed by atoms with Gasteiger partial charge in [-0.2, -0.15) is 9.97 Å². The molecule has 2 aromatic heterocycles. The lowest BCUT2D eigenvalue weighted by molar-refractivity contribution is 0.110. The molecule has 0 bridgehead atoms. The fraction of sp³-hybridized carbons (Fsp3) is 0.435. The molecule has 3 heterocycles. The van der Waals surface area contributed by atoms with E-state index in [1.807, 2.05) is 6.07 Å². The van der Waals surface area contributed by atoms with Crippen LogP contribution in [0.1, 0.15) is 43.7 Å². The van der Waals surface area contributed by atoms with Gasteiger partial charge in [0, 0.05) is 30.3 Å². The number of nitrogen functional groups attached to an aromatic ring is 1. The Labute approximate surface area is 180 Å². The van der Waals surface area contributed by atoms with Crippen molar-refractivity contribution in [2.75, 3.05) is 30.9 Å². The normalized spacial score (nSPS) is 21.8. The van der Waals surface area contributed by atoms with Crippen molar-refractivity contribution in [1.29, 1.82) is 0 Å². The second-order valence-corrected chi connectivity index (χ2v) is 8.81. The predicted molar refractivity (Wildman–Crippen MR) is 119 cm³/mol. The van der Waals surface area contributed by atoms with E-state index in [0.29, 0.717) is 30.1 Å². The first kappa shape index (κ1) is 19.8. The molecule has 1 atom stereocenters. The smallest absolute Gasteiger partial charge is 0.224 e. The minimum atomic E-state index is -0.869. The zero-order valence-electron chi connectivity index (χ0n) is 17.8. The summed E-state index contributed by atoms with van der Waals surface area (Å²) in [5, 5.41) is 10.6. The number of rotatable bonds is 3. The number of hydrogen-bond donors (Lipinski definition) is 3. The molecule has 1 fully saturated rings. The number of aromatic amines is 1. The van der Waals surface area contributed by atoms with Crippen LogP contribution in [0.2, 0.25) is 0 Å². The Morgan fingerprint density at radius 2 is 2.10 bits per heavy atom. The van der Waals surface area contributed by atoms with Gasteiger partial charge in [0.05, 0.1) is 12.9 Å². The van der Waals surface area contributed by atoms with Crippen molar-refractivity contribution in [1.82, 2.24) is 19.9 Å². The third-order valence-electron chi connectivity index (χ3n) is 6.31. The maximum absolute atomic E-state index is 10.6. The van der Waals surface area contributed by atoms with Gasteiger partial charge < -0.3 is 25.5 Å². The number of fused-ring (bicyclic) bond motifs is 2. The summed E-state index contributed by atoms with van der Waals surface area (Å²) in [4.78, 5) is 18.3. The summed E-state index contributed by atoms with van der Waals surface area (Å²) < 4.78 is 5.56. The lowest BCUT2D eigenvalue weighted by Crippen LogP contribution is -2.33.